The van der Waals surface area contributed by atoms with E-state index in [1.165, 1.54) is 0 Å². The topological polar surface area (TPSA) is 74.7 Å². The summed E-state index contributed by atoms with van der Waals surface area (Å²) in [7, 11) is 0. The molecule has 1 heterocycles. The Kier molecular flexibility index (Phi) is 4.26. The van der Waals surface area contributed by atoms with E-state index in [0.29, 0.717) is 22.4 Å². The third kappa shape index (κ3) is 3.50. The van der Waals surface area contributed by atoms with Crippen LogP contribution in [-0.2, 0) is 0 Å². The standard InChI is InChI=1S/C17H13ClN4O/c1-11(13-5-2-4-12(8-13)10-19)20-17-21-16(22-23-17)14-6-3-7-15(18)9-14/h2-9,11H,1H3,(H,20,21,22). The molecule has 3 rings (SSSR count). The Morgan fingerprint density at radius 3 is 2.83 bits per heavy atom. The average Bonchev–Trinajstić information content (AvgIpc) is 3.03. The summed E-state index contributed by atoms with van der Waals surface area (Å²) in [6.45, 7) is 1.96. The van der Waals surface area contributed by atoms with Crippen LogP contribution in [0.25, 0.3) is 11.4 Å². The second-order valence-corrected chi connectivity index (χ2v) is 5.47. The van der Waals surface area contributed by atoms with Crippen LogP contribution < -0.4 is 5.32 Å². The van der Waals surface area contributed by atoms with Crippen molar-refractivity contribution in [2.24, 2.45) is 0 Å². The van der Waals surface area contributed by atoms with Crippen molar-refractivity contribution >= 4 is 17.6 Å². The molecule has 1 atom stereocenters. The van der Waals surface area contributed by atoms with E-state index in [1.54, 1.807) is 18.2 Å². The number of nitriles is 1. The lowest BCUT2D eigenvalue weighted by atomic mass is 10.1. The van der Waals surface area contributed by atoms with Crippen LogP contribution in [0.4, 0.5) is 6.01 Å². The van der Waals surface area contributed by atoms with Crippen LogP contribution in [0.1, 0.15) is 24.1 Å². The molecule has 0 saturated heterocycles. The highest BCUT2D eigenvalue weighted by molar-refractivity contribution is 6.30. The number of hydrogen-bond donors (Lipinski definition) is 1. The van der Waals surface area contributed by atoms with Crippen LogP contribution in [0.2, 0.25) is 5.02 Å². The summed E-state index contributed by atoms with van der Waals surface area (Å²) in [6.07, 6.45) is 0. The number of anilines is 1. The fraction of sp³-hybridized carbons (Fsp3) is 0.118. The third-order valence-corrected chi connectivity index (χ3v) is 3.60. The SMILES string of the molecule is CC(Nc1nc(-c2cccc(Cl)c2)no1)c1cccc(C#N)c1. The lowest BCUT2D eigenvalue weighted by Gasteiger charge is -2.11. The molecule has 1 aromatic heterocycles. The van der Waals surface area contributed by atoms with Gasteiger partial charge in [-0.2, -0.15) is 10.2 Å². The second kappa shape index (κ2) is 6.51. The van der Waals surface area contributed by atoms with Crippen LogP contribution in [0.15, 0.2) is 53.1 Å². The summed E-state index contributed by atoms with van der Waals surface area (Å²) in [4.78, 5) is 4.32. The van der Waals surface area contributed by atoms with Gasteiger partial charge in [0.05, 0.1) is 17.7 Å². The van der Waals surface area contributed by atoms with Gasteiger partial charge in [-0.05, 0) is 36.8 Å². The van der Waals surface area contributed by atoms with Gasteiger partial charge in [-0.25, -0.2) is 0 Å². The van der Waals surface area contributed by atoms with Crippen molar-refractivity contribution in [1.82, 2.24) is 10.1 Å². The van der Waals surface area contributed by atoms with Crippen molar-refractivity contribution in [1.29, 1.82) is 5.26 Å². The molecule has 2 aromatic carbocycles. The molecule has 0 spiro atoms. The summed E-state index contributed by atoms with van der Waals surface area (Å²) >= 11 is 5.97. The Balaban J connectivity index is 1.77. The number of hydrogen-bond acceptors (Lipinski definition) is 5. The van der Waals surface area contributed by atoms with Gasteiger partial charge in [0.1, 0.15) is 0 Å². The number of aromatic nitrogens is 2. The van der Waals surface area contributed by atoms with E-state index in [0.717, 1.165) is 11.1 Å². The van der Waals surface area contributed by atoms with Crippen molar-refractivity contribution < 1.29 is 4.52 Å². The van der Waals surface area contributed by atoms with E-state index in [1.807, 2.05) is 37.3 Å². The van der Waals surface area contributed by atoms with Gasteiger partial charge in [0, 0.05) is 10.6 Å². The summed E-state index contributed by atoms with van der Waals surface area (Å²) < 4.78 is 5.23. The molecular formula is C17H13ClN4O. The maximum absolute atomic E-state index is 8.96. The van der Waals surface area contributed by atoms with Crippen LogP contribution >= 0.6 is 11.6 Å². The summed E-state index contributed by atoms with van der Waals surface area (Å²) in [6, 6.07) is 17.0. The first-order valence-electron chi connectivity index (χ1n) is 7.02. The van der Waals surface area contributed by atoms with Crippen LogP contribution in [0, 0.1) is 11.3 Å². The van der Waals surface area contributed by atoms with Gasteiger partial charge < -0.3 is 9.84 Å². The van der Waals surface area contributed by atoms with Gasteiger partial charge in [-0.1, -0.05) is 41.0 Å². The third-order valence-electron chi connectivity index (χ3n) is 3.36. The van der Waals surface area contributed by atoms with E-state index in [9.17, 15) is 0 Å². The molecule has 0 radical (unpaired) electrons. The Hall–Kier alpha value is -2.84. The monoisotopic (exact) mass is 324 g/mol. The number of rotatable bonds is 4. The Morgan fingerprint density at radius 1 is 1.22 bits per heavy atom. The van der Waals surface area contributed by atoms with Gasteiger partial charge >= 0.3 is 6.01 Å². The van der Waals surface area contributed by atoms with Gasteiger partial charge in [0.2, 0.25) is 5.82 Å². The van der Waals surface area contributed by atoms with Gasteiger partial charge in [-0.3, -0.25) is 0 Å². The number of nitrogens with zero attached hydrogens (tertiary/aromatic N) is 3. The van der Waals surface area contributed by atoms with E-state index in [2.05, 4.69) is 21.5 Å². The number of nitrogens with one attached hydrogen (secondary N) is 1. The molecule has 6 heteroatoms. The lowest BCUT2D eigenvalue weighted by molar-refractivity contribution is 0.429. The van der Waals surface area contributed by atoms with Crippen molar-refractivity contribution in [3.05, 3.63) is 64.7 Å². The van der Waals surface area contributed by atoms with Crippen LogP contribution in [-0.4, -0.2) is 10.1 Å². The molecule has 0 bridgehead atoms. The maximum atomic E-state index is 8.96. The smallest absolute Gasteiger partial charge is 0.322 e. The van der Waals surface area contributed by atoms with Crippen molar-refractivity contribution in [3.63, 3.8) is 0 Å². The van der Waals surface area contributed by atoms with E-state index < -0.39 is 0 Å². The quantitative estimate of drug-likeness (QED) is 0.768. The van der Waals surface area contributed by atoms with E-state index in [4.69, 9.17) is 21.4 Å². The van der Waals surface area contributed by atoms with Gasteiger partial charge in [0.25, 0.3) is 0 Å². The zero-order chi connectivity index (χ0) is 16.2. The minimum atomic E-state index is -0.0732. The fourth-order valence-electron chi connectivity index (χ4n) is 2.17. The Morgan fingerprint density at radius 2 is 2.04 bits per heavy atom. The highest BCUT2D eigenvalue weighted by Crippen LogP contribution is 2.23. The highest BCUT2D eigenvalue weighted by Gasteiger charge is 2.12. The average molecular weight is 325 g/mol. The first kappa shape index (κ1) is 15.1. The van der Waals surface area contributed by atoms with Crippen molar-refractivity contribution in [2.45, 2.75) is 13.0 Å². The molecule has 0 aliphatic carbocycles. The molecule has 5 nitrogen and oxygen atoms in total. The summed E-state index contributed by atoms with van der Waals surface area (Å²) in [5.74, 6) is 0.466. The fourth-order valence-corrected chi connectivity index (χ4v) is 2.36. The predicted octanol–water partition coefficient (Wildman–Crippen LogP) is 4.43. The summed E-state index contributed by atoms with van der Waals surface area (Å²) in [5, 5.41) is 16.7. The van der Waals surface area contributed by atoms with Crippen LogP contribution in [0.5, 0.6) is 0 Å². The molecule has 0 saturated carbocycles. The zero-order valence-electron chi connectivity index (χ0n) is 12.3. The number of benzene rings is 2. The highest BCUT2D eigenvalue weighted by atomic mass is 35.5. The zero-order valence-corrected chi connectivity index (χ0v) is 13.1. The number of halogens is 1. The van der Waals surface area contributed by atoms with Crippen molar-refractivity contribution in [2.75, 3.05) is 5.32 Å². The van der Waals surface area contributed by atoms with Crippen molar-refractivity contribution in [3.8, 4) is 17.5 Å². The van der Waals surface area contributed by atoms with Crippen LogP contribution in [0.3, 0.4) is 0 Å². The summed E-state index contributed by atoms with van der Waals surface area (Å²) in [5.41, 5.74) is 2.36. The second-order valence-electron chi connectivity index (χ2n) is 5.04. The molecule has 1 N–H and O–H groups in total. The molecule has 0 aliphatic heterocycles. The largest absolute Gasteiger partial charge is 0.331 e. The lowest BCUT2D eigenvalue weighted by Crippen LogP contribution is -2.07. The van der Waals surface area contributed by atoms with E-state index >= 15 is 0 Å². The minimum Gasteiger partial charge on any atom is -0.331 e. The Labute approximate surface area is 138 Å². The molecule has 0 aliphatic rings. The first-order chi connectivity index (χ1) is 11.2. The van der Waals surface area contributed by atoms with E-state index in [-0.39, 0.29) is 6.04 Å². The van der Waals surface area contributed by atoms with Gasteiger partial charge in [0.15, 0.2) is 0 Å². The first-order valence-corrected chi connectivity index (χ1v) is 7.40. The minimum absolute atomic E-state index is 0.0732. The molecule has 114 valence electrons. The molecule has 0 amide bonds. The predicted molar refractivity (Wildman–Crippen MR) is 87.9 cm³/mol. The Bertz CT molecular complexity index is 869. The molecular weight excluding hydrogens is 312 g/mol. The molecule has 1 unspecified atom stereocenters. The molecule has 23 heavy (non-hydrogen) atoms. The maximum Gasteiger partial charge on any atom is 0.322 e. The van der Waals surface area contributed by atoms with Gasteiger partial charge in [-0.15, -0.1) is 0 Å². The molecule has 3 aromatic rings. The molecule has 0 fully saturated rings. The normalized spacial score (nSPS) is 11.7.